The zero-order chi connectivity index (χ0) is 18.8. The molecule has 2 unspecified atom stereocenters. The summed E-state index contributed by atoms with van der Waals surface area (Å²) < 4.78 is 32.6. The number of sulfonamides is 1. The molecule has 2 aromatic carbocycles. The molecule has 1 fully saturated rings. The average molecular weight is 375 g/mol. The van der Waals surface area contributed by atoms with E-state index in [1.807, 2.05) is 54.6 Å². The molecule has 0 bridgehead atoms. The summed E-state index contributed by atoms with van der Waals surface area (Å²) in [6.45, 7) is 3.75. The number of hydrogen-bond acceptors (Lipinski definition) is 4. The van der Waals surface area contributed by atoms with Crippen molar-refractivity contribution in [1.82, 2.24) is 4.72 Å². The minimum Gasteiger partial charge on any atom is -0.383 e. The second kappa shape index (κ2) is 7.48. The van der Waals surface area contributed by atoms with E-state index < -0.39 is 26.9 Å². The smallest absolute Gasteiger partial charge is 0.214 e. The second-order valence-electron chi connectivity index (χ2n) is 6.96. The van der Waals surface area contributed by atoms with Gasteiger partial charge in [0, 0.05) is 13.0 Å². The molecular weight excluding hydrogens is 350 g/mol. The van der Waals surface area contributed by atoms with E-state index in [-0.39, 0.29) is 6.61 Å². The normalized spacial score (nSPS) is 23.9. The number of hydrogen-bond donors (Lipinski definition) is 2. The van der Waals surface area contributed by atoms with E-state index in [4.69, 9.17) is 4.74 Å². The van der Waals surface area contributed by atoms with Gasteiger partial charge in [0.05, 0.1) is 17.9 Å². The fourth-order valence-corrected chi connectivity index (χ4v) is 4.07. The minimum absolute atomic E-state index is 0.142. The van der Waals surface area contributed by atoms with Crippen molar-refractivity contribution in [3.05, 3.63) is 60.2 Å². The molecule has 6 heteroatoms. The monoisotopic (exact) mass is 375 g/mol. The van der Waals surface area contributed by atoms with Gasteiger partial charge in [-0.05, 0) is 30.5 Å². The van der Waals surface area contributed by atoms with Gasteiger partial charge in [0.2, 0.25) is 10.0 Å². The Balaban J connectivity index is 1.89. The molecule has 1 heterocycles. The van der Waals surface area contributed by atoms with Crippen LogP contribution >= 0.6 is 0 Å². The first-order valence-corrected chi connectivity index (χ1v) is 10.3. The molecule has 2 atom stereocenters. The molecular formula is C20H25NO4S. The maximum atomic E-state index is 12.3. The van der Waals surface area contributed by atoms with Crippen LogP contribution < -0.4 is 4.72 Å². The zero-order valence-corrected chi connectivity index (χ0v) is 15.9. The summed E-state index contributed by atoms with van der Waals surface area (Å²) in [6.07, 6.45) is 0.336. The van der Waals surface area contributed by atoms with Gasteiger partial charge in [-0.2, -0.15) is 0 Å². The minimum atomic E-state index is -3.52. The van der Waals surface area contributed by atoms with E-state index in [1.165, 1.54) is 0 Å². The van der Waals surface area contributed by atoms with Crippen LogP contribution in [0.2, 0.25) is 0 Å². The van der Waals surface area contributed by atoms with Crippen molar-refractivity contribution in [2.75, 3.05) is 13.2 Å². The average Bonchev–Trinajstić information content (AvgIpc) is 2.64. The molecule has 26 heavy (non-hydrogen) atoms. The molecule has 0 amide bonds. The van der Waals surface area contributed by atoms with E-state index in [9.17, 15) is 13.5 Å². The van der Waals surface area contributed by atoms with Gasteiger partial charge >= 0.3 is 0 Å². The van der Waals surface area contributed by atoms with E-state index in [0.29, 0.717) is 18.6 Å². The molecule has 140 valence electrons. The molecule has 5 nitrogen and oxygen atoms in total. The Hall–Kier alpha value is -1.73. The van der Waals surface area contributed by atoms with E-state index in [1.54, 1.807) is 13.8 Å². The highest BCUT2D eigenvalue weighted by Crippen LogP contribution is 2.34. The molecule has 1 aliphatic heterocycles. The number of aliphatic hydroxyl groups is 1. The number of ether oxygens (including phenoxy) is 1. The molecule has 0 spiro atoms. The van der Waals surface area contributed by atoms with Crippen LogP contribution in [-0.2, 0) is 20.4 Å². The summed E-state index contributed by atoms with van der Waals surface area (Å²) in [5, 5.41) is 10.7. The van der Waals surface area contributed by atoms with Gasteiger partial charge in [-0.3, -0.25) is 0 Å². The first kappa shape index (κ1) is 19.0. The Morgan fingerprint density at radius 3 is 2.31 bits per heavy atom. The largest absolute Gasteiger partial charge is 0.383 e. The fraction of sp³-hybridized carbons (Fsp3) is 0.400. The lowest BCUT2D eigenvalue weighted by Crippen LogP contribution is -2.57. The Bertz CT molecular complexity index is 834. The van der Waals surface area contributed by atoms with E-state index in [0.717, 1.165) is 11.1 Å². The molecule has 2 N–H and O–H groups in total. The lowest BCUT2D eigenvalue weighted by atomic mass is 9.82. The molecule has 1 saturated heterocycles. The van der Waals surface area contributed by atoms with Gasteiger partial charge in [-0.1, -0.05) is 54.6 Å². The van der Waals surface area contributed by atoms with Crippen LogP contribution in [-0.4, -0.2) is 38.0 Å². The third-order valence-electron chi connectivity index (χ3n) is 4.91. The Labute approximate surface area is 155 Å². The van der Waals surface area contributed by atoms with Crippen molar-refractivity contribution >= 4 is 10.0 Å². The van der Waals surface area contributed by atoms with Gasteiger partial charge in [0.25, 0.3) is 0 Å². The Kier molecular flexibility index (Phi) is 5.48. The van der Waals surface area contributed by atoms with Crippen molar-refractivity contribution in [1.29, 1.82) is 0 Å². The van der Waals surface area contributed by atoms with Crippen molar-refractivity contribution in [3.8, 4) is 11.1 Å². The summed E-state index contributed by atoms with van der Waals surface area (Å²) >= 11 is 0. The Morgan fingerprint density at radius 1 is 1.08 bits per heavy atom. The van der Waals surface area contributed by atoms with Crippen LogP contribution in [0.3, 0.4) is 0 Å². The number of benzene rings is 2. The highest BCUT2D eigenvalue weighted by Gasteiger charge is 2.43. The van der Waals surface area contributed by atoms with Gasteiger partial charge < -0.3 is 9.84 Å². The standard InChI is InChI=1S/C20H25NO4S/c1-15(2)26(23,24)21-19-14-25-13-12-20(19,22)18-10-8-17(9-11-18)16-6-4-3-5-7-16/h3-11,15,19,21-22H,12-14H2,1-2H3. The first-order chi connectivity index (χ1) is 12.3. The van der Waals surface area contributed by atoms with Crippen LogP contribution in [0.5, 0.6) is 0 Å². The quantitative estimate of drug-likeness (QED) is 0.842. The summed E-state index contributed by atoms with van der Waals surface area (Å²) in [5.74, 6) is 0. The van der Waals surface area contributed by atoms with Gasteiger partial charge in [-0.15, -0.1) is 0 Å². The highest BCUT2D eigenvalue weighted by molar-refractivity contribution is 7.90. The maximum Gasteiger partial charge on any atom is 0.214 e. The molecule has 0 aromatic heterocycles. The van der Waals surface area contributed by atoms with Crippen molar-refractivity contribution in [3.63, 3.8) is 0 Å². The van der Waals surface area contributed by atoms with Crippen LogP contribution in [0, 0.1) is 0 Å². The highest BCUT2D eigenvalue weighted by atomic mass is 32.2. The molecule has 0 radical (unpaired) electrons. The summed E-state index contributed by atoms with van der Waals surface area (Å²) in [5.41, 5.74) is 1.53. The summed E-state index contributed by atoms with van der Waals surface area (Å²) in [7, 11) is -3.52. The molecule has 2 aromatic rings. The lowest BCUT2D eigenvalue weighted by molar-refractivity contribution is -0.0898. The van der Waals surface area contributed by atoms with Crippen LogP contribution in [0.4, 0.5) is 0 Å². The third kappa shape index (κ3) is 3.83. The van der Waals surface area contributed by atoms with Crippen molar-refractivity contribution in [2.45, 2.75) is 37.2 Å². The first-order valence-electron chi connectivity index (χ1n) is 8.80. The summed E-state index contributed by atoms with van der Waals surface area (Å²) in [6, 6.07) is 16.9. The SMILES string of the molecule is CC(C)S(=O)(=O)NC1COCCC1(O)c1ccc(-c2ccccc2)cc1. The molecule has 1 aliphatic rings. The van der Waals surface area contributed by atoms with E-state index >= 15 is 0 Å². The predicted molar refractivity (Wildman–Crippen MR) is 102 cm³/mol. The summed E-state index contributed by atoms with van der Waals surface area (Å²) in [4.78, 5) is 0. The number of nitrogens with one attached hydrogen (secondary N) is 1. The molecule has 0 aliphatic carbocycles. The fourth-order valence-electron chi connectivity index (χ4n) is 3.13. The zero-order valence-electron chi connectivity index (χ0n) is 15.1. The van der Waals surface area contributed by atoms with Gasteiger partial charge in [0.15, 0.2) is 0 Å². The predicted octanol–water partition coefficient (Wildman–Crippen LogP) is 2.66. The van der Waals surface area contributed by atoms with Gasteiger partial charge in [0.1, 0.15) is 5.60 Å². The van der Waals surface area contributed by atoms with Gasteiger partial charge in [-0.25, -0.2) is 13.1 Å². The van der Waals surface area contributed by atoms with Crippen LogP contribution in [0.25, 0.3) is 11.1 Å². The van der Waals surface area contributed by atoms with Crippen LogP contribution in [0.15, 0.2) is 54.6 Å². The topological polar surface area (TPSA) is 75.6 Å². The maximum absolute atomic E-state index is 12.3. The third-order valence-corrected chi connectivity index (χ3v) is 6.76. The Morgan fingerprint density at radius 2 is 1.69 bits per heavy atom. The van der Waals surface area contributed by atoms with Crippen molar-refractivity contribution < 1.29 is 18.3 Å². The molecule has 3 rings (SSSR count). The lowest BCUT2D eigenvalue weighted by Gasteiger charge is -2.40. The van der Waals surface area contributed by atoms with E-state index in [2.05, 4.69) is 4.72 Å². The number of rotatable bonds is 5. The second-order valence-corrected chi connectivity index (χ2v) is 9.23. The van der Waals surface area contributed by atoms with Crippen molar-refractivity contribution in [2.24, 2.45) is 0 Å². The van der Waals surface area contributed by atoms with Crippen LogP contribution in [0.1, 0.15) is 25.8 Å². The molecule has 0 saturated carbocycles.